The lowest BCUT2D eigenvalue weighted by Gasteiger charge is -2.24. The maximum Gasteiger partial charge on any atom is 0.371 e. The molecule has 212 valence electrons. The number of halogens is 2. The number of carbonyl (C=O) groups is 2. The molecule has 1 saturated carbocycles. The third-order valence-corrected chi connectivity index (χ3v) is 8.04. The Morgan fingerprint density at radius 2 is 1.95 bits per heavy atom. The third-order valence-electron chi connectivity index (χ3n) is 6.66. The minimum Gasteiger partial charge on any atom is -0.496 e. The van der Waals surface area contributed by atoms with Gasteiger partial charge in [-0.05, 0) is 61.4 Å². The van der Waals surface area contributed by atoms with Crippen LogP contribution in [-0.2, 0) is 20.7 Å². The Morgan fingerprint density at radius 1 is 1.20 bits per heavy atom. The highest BCUT2D eigenvalue weighted by Crippen LogP contribution is 2.36. The zero-order valence-electron chi connectivity index (χ0n) is 22.2. The van der Waals surface area contributed by atoms with E-state index in [4.69, 9.17) is 37.4 Å². The minimum absolute atomic E-state index is 0.100. The van der Waals surface area contributed by atoms with E-state index in [2.05, 4.69) is 10.3 Å². The Balaban J connectivity index is 1.43. The van der Waals surface area contributed by atoms with Crippen LogP contribution in [0.3, 0.4) is 0 Å². The zero-order valence-corrected chi connectivity index (χ0v) is 24.5. The van der Waals surface area contributed by atoms with E-state index in [0.717, 1.165) is 48.8 Å². The van der Waals surface area contributed by atoms with Crippen LogP contribution < -0.4 is 10.1 Å². The zero-order chi connectivity index (χ0) is 28.6. The van der Waals surface area contributed by atoms with Gasteiger partial charge in [0.25, 0.3) is 5.91 Å². The molecule has 0 spiro atoms. The highest BCUT2D eigenvalue weighted by molar-refractivity contribution is 7.14. The monoisotopic (exact) mass is 604 g/mol. The van der Waals surface area contributed by atoms with E-state index >= 15 is 0 Å². The average Bonchev–Trinajstić information content (AvgIpc) is 3.36. The quantitative estimate of drug-likeness (QED) is 0.121. The summed E-state index contributed by atoms with van der Waals surface area (Å²) >= 11 is 13.9. The fourth-order valence-corrected chi connectivity index (χ4v) is 5.62. The van der Waals surface area contributed by atoms with Gasteiger partial charge in [-0.15, -0.1) is 11.3 Å². The Hall–Kier alpha value is -3.11. The third kappa shape index (κ3) is 7.34. The lowest BCUT2D eigenvalue weighted by atomic mass is 9.86. The van der Waals surface area contributed by atoms with Crippen LogP contribution in [0.1, 0.15) is 47.2 Å². The molecule has 1 aliphatic rings. The van der Waals surface area contributed by atoms with E-state index in [1.54, 1.807) is 7.11 Å². The molecule has 4 rings (SSSR count). The van der Waals surface area contributed by atoms with Crippen molar-refractivity contribution in [1.82, 2.24) is 4.98 Å². The van der Waals surface area contributed by atoms with Crippen molar-refractivity contribution in [3.8, 4) is 17.0 Å². The largest absolute Gasteiger partial charge is 0.496 e. The van der Waals surface area contributed by atoms with E-state index in [9.17, 15) is 14.7 Å². The number of thiazole rings is 1. The molecule has 40 heavy (non-hydrogen) atoms. The molecule has 3 aromatic rings. The average molecular weight is 606 g/mol. The number of benzene rings is 2. The number of methoxy groups -OCH3 is 2. The van der Waals surface area contributed by atoms with E-state index in [1.807, 2.05) is 23.6 Å². The summed E-state index contributed by atoms with van der Waals surface area (Å²) in [6, 6.07) is 8.76. The second-order valence-corrected chi connectivity index (χ2v) is 11.0. The van der Waals surface area contributed by atoms with Gasteiger partial charge in [-0.3, -0.25) is 10.1 Å². The highest BCUT2D eigenvalue weighted by Gasteiger charge is 2.19. The summed E-state index contributed by atoms with van der Waals surface area (Å²) in [5.41, 5.74) is 3.01. The summed E-state index contributed by atoms with van der Waals surface area (Å²) in [6.07, 6.45) is 6.79. The summed E-state index contributed by atoms with van der Waals surface area (Å²) in [5, 5.41) is 14.4. The van der Waals surface area contributed by atoms with Crippen molar-refractivity contribution in [2.75, 3.05) is 32.8 Å². The number of carboxylic acid groups (broad SMARTS) is 1. The number of para-hydroxylation sites is 1. The summed E-state index contributed by atoms with van der Waals surface area (Å²) in [7, 11) is 2.87. The number of carbonyl (C=O) groups excluding carboxylic acids is 1. The van der Waals surface area contributed by atoms with Gasteiger partial charge in [0.2, 0.25) is 5.76 Å². The number of aliphatic carboxylic acids is 1. The standard InChI is InChI=1S/C29H30Cl2N2O6S/c1-37-25(28(35)36)14-21-22(30)12-19(13-23(21)31)27(34)33-29-32-24(16-40-29)20-10-4-8-18(26(20)38-2)9-5-11-39-15-17-6-3-7-17/h4,8,10,12-14,16-17H,3,5-7,9,11,15H2,1-2H3,(H,35,36)(H,32,33,34)/b25-14-. The van der Waals surface area contributed by atoms with Crippen molar-refractivity contribution in [1.29, 1.82) is 0 Å². The number of hydrogen-bond donors (Lipinski definition) is 2. The van der Waals surface area contributed by atoms with E-state index < -0.39 is 11.9 Å². The number of rotatable bonds is 13. The van der Waals surface area contributed by atoms with Crippen molar-refractivity contribution in [2.24, 2.45) is 5.92 Å². The van der Waals surface area contributed by atoms with Crippen molar-refractivity contribution in [2.45, 2.75) is 32.1 Å². The molecule has 0 atom stereocenters. The molecule has 0 bridgehead atoms. The molecule has 2 aromatic carbocycles. The van der Waals surface area contributed by atoms with Gasteiger partial charge in [0.15, 0.2) is 5.13 Å². The molecule has 0 aliphatic heterocycles. The van der Waals surface area contributed by atoms with Gasteiger partial charge >= 0.3 is 5.97 Å². The molecule has 8 nitrogen and oxygen atoms in total. The number of nitrogens with one attached hydrogen (secondary N) is 1. The topological polar surface area (TPSA) is 107 Å². The number of nitrogens with zero attached hydrogens (tertiary/aromatic N) is 1. The number of carboxylic acids is 1. The van der Waals surface area contributed by atoms with Gasteiger partial charge < -0.3 is 19.3 Å². The lowest BCUT2D eigenvalue weighted by molar-refractivity contribution is -0.135. The second kappa shape index (κ2) is 14.0. The predicted octanol–water partition coefficient (Wildman–Crippen LogP) is 7.20. The molecular formula is C29H30Cl2N2O6S. The first kappa shape index (κ1) is 29.9. The van der Waals surface area contributed by atoms with Crippen LogP contribution in [-0.4, -0.2) is 49.4 Å². The predicted molar refractivity (Wildman–Crippen MR) is 158 cm³/mol. The van der Waals surface area contributed by atoms with Gasteiger partial charge in [0, 0.05) is 35.3 Å². The molecule has 1 amide bonds. The summed E-state index contributed by atoms with van der Waals surface area (Å²) in [4.78, 5) is 28.8. The normalized spacial score (nSPS) is 13.6. The smallest absolute Gasteiger partial charge is 0.371 e. The van der Waals surface area contributed by atoms with E-state index in [1.165, 1.54) is 55.9 Å². The summed E-state index contributed by atoms with van der Waals surface area (Å²) < 4.78 is 16.4. The summed E-state index contributed by atoms with van der Waals surface area (Å²) in [5.74, 6) is -0.591. The van der Waals surface area contributed by atoms with Gasteiger partial charge in [0.1, 0.15) is 5.75 Å². The molecule has 2 N–H and O–H groups in total. The van der Waals surface area contributed by atoms with Crippen molar-refractivity contribution in [3.05, 3.63) is 68.2 Å². The maximum atomic E-state index is 12.9. The summed E-state index contributed by atoms with van der Waals surface area (Å²) in [6.45, 7) is 1.57. The maximum absolute atomic E-state index is 12.9. The van der Waals surface area contributed by atoms with Crippen molar-refractivity contribution < 1.29 is 28.9 Å². The van der Waals surface area contributed by atoms with Crippen LogP contribution in [0.4, 0.5) is 5.13 Å². The van der Waals surface area contributed by atoms with E-state index in [-0.39, 0.29) is 26.9 Å². The Labute approximate surface area is 246 Å². The molecule has 0 radical (unpaired) electrons. The lowest BCUT2D eigenvalue weighted by Crippen LogP contribution is -2.17. The van der Waals surface area contributed by atoms with Crippen LogP contribution in [0.5, 0.6) is 5.75 Å². The molecular weight excluding hydrogens is 575 g/mol. The number of ether oxygens (including phenoxy) is 3. The van der Waals surface area contributed by atoms with Gasteiger partial charge in [0.05, 0.1) is 30.0 Å². The van der Waals surface area contributed by atoms with Gasteiger partial charge in [-0.25, -0.2) is 9.78 Å². The SMILES string of the molecule is CO/C(=C\c1c(Cl)cc(C(=O)Nc2nc(-c3cccc(CCCOCC4CCC4)c3OC)cs2)cc1Cl)C(=O)O. The van der Waals surface area contributed by atoms with Crippen LogP contribution in [0, 0.1) is 5.92 Å². The minimum atomic E-state index is -1.27. The van der Waals surface area contributed by atoms with Gasteiger partial charge in [-0.1, -0.05) is 41.8 Å². The van der Waals surface area contributed by atoms with Gasteiger partial charge in [-0.2, -0.15) is 0 Å². The molecule has 0 saturated heterocycles. The molecule has 1 aromatic heterocycles. The molecule has 1 heterocycles. The highest BCUT2D eigenvalue weighted by atomic mass is 35.5. The van der Waals surface area contributed by atoms with Crippen molar-refractivity contribution in [3.63, 3.8) is 0 Å². The molecule has 1 aliphatic carbocycles. The first-order valence-electron chi connectivity index (χ1n) is 12.8. The fraction of sp³-hybridized carbons (Fsp3) is 0.345. The van der Waals surface area contributed by atoms with Crippen LogP contribution in [0.15, 0.2) is 41.5 Å². The van der Waals surface area contributed by atoms with Crippen LogP contribution in [0.2, 0.25) is 10.0 Å². The first-order valence-corrected chi connectivity index (χ1v) is 14.4. The second-order valence-electron chi connectivity index (χ2n) is 9.34. The molecule has 0 unspecified atom stereocenters. The number of anilines is 1. The number of aryl methyl sites for hydroxylation is 1. The number of hydrogen-bond acceptors (Lipinski definition) is 7. The van der Waals surface area contributed by atoms with Crippen LogP contribution >= 0.6 is 34.5 Å². The fourth-order valence-electron chi connectivity index (χ4n) is 4.32. The molecule has 11 heteroatoms. The number of aromatic nitrogens is 1. The first-order chi connectivity index (χ1) is 19.3. The Morgan fingerprint density at radius 3 is 2.58 bits per heavy atom. The Kier molecular flexibility index (Phi) is 10.4. The Bertz CT molecular complexity index is 1380. The number of amides is 1. The van der Waals surface area contributed by atoms with E-state index in [0.29, 0.717) is 10.8 Å². The van der Waals surface area contributed by atoms with Crippen molar-refractivity contribution >= 4 is 57.6 Å². The molecule has 1 fully saturated rings. The van der Waals surface area contributed by atoms with Crippen LogP contribution in [0.25, 0.3) is 17.3 Å².